The van der Waals surface area contributed by atoms with Crippen LogP contribution in [0.4, 0.5) is 39.8 Å². The van der Waals surface area contributed by atoms with Gasteiger partial charge in [0.2, 0.25) is 0 Å². The molecule has 0 saturated carbocycles. The number of fused-ring (bicyclic) bond motifs is 9. The summed E-state index contributed by atoms with van der Waals surface area (Å²) in [6.45, 7) is 13.9. The van der Waals surface area contributed by atoms with Crippen molar-refractivity contribution < 1.29 is 0 Å². The summed E-state index contributed by atoms with van der Waals surface area (Å²) in [6, 6.07) is 110. The fourth-order valence-electron chi connectivity index (χ4n) is 15.5. The summed E-state index contributed by atoms with van der Waals surface area (Å²) >= 11 is 0. The third-order valence-corrected chi connectivity index (χ3v) is 20.1. The SMILES string of the molecule is CC(C)(C)c1ccc2c(c1)c1cc(C(C)(C)C)ccc1n2-c1ccc2c(c1)N(c1cc(-c3ccccc3)cc(-c3ccccc3)c1)c1cc(C3c4ccccc4Cc4ccccc43)cc3c1C2c1ccc(N)cc1N3c1cc(-c2ccccc2)cc(-c2ccccc2)c1. The molecule has 4 heteroatoms. The van der Waals surface area contributed by atoms with Gasteiger partial charge in [-0.2, -0.15) is 0 Å². The molecule has 0 bridgehead atoms. The second kappa shape index (κ2) is 21.6. The maximum absolute atomic E-state index is 7.18. The van der Waals surface area contributed by atoms with Gasteiger partial charge in [-0.15, -0.1) is 0 Å². The van der Waals surface area contributed by atoms with E-state index in [1.165, 1.54) is 77.4 Å². The van der Waals surface area contributed by atoms with Crippen molar-refractivity contribution in [2.75, 3.05) is 15.5 Å². The molecule has 0 fully saturated rings. The largest absolute Gasteiger partial charge is 0.399 e. The van der Waals surface area contributed by atoms with Crippen LogP contribution < -0.4 is 15.5 Å². The van der Waals surface area contributed by atoms with E-state index in [0.717, 1.165) is 90.7 Å². The molecular weight excluding hydrogens is 1130 g/mol. The molecule has 1 unspecified atom stereocenters. The number of nitrogens with two attached hydrogens (primary N) is 1. The average molecular weight is 1200 g/mol. The molecule has 2 N–H and O–H groups in total. The predicted molar refractivity (Wildman–Crippen MR) is 391 cm³/mol. The van der Waals surface area contributed by atoms with Crippen molar-refractivity contribution in [1.29, 1.82) is 0 Å². The molecule has 14 aromatic rings. The Hall–Kier alpha value is -10.9. The number of anilines is 7. The average Bonchev–Trinajstić information content (AvgIpc) is 0.761. The summed E-state index contributed by atoms with van der Waals surface area (Å²) in [4.78, 5) is 5.21. The highest BCUT2D eigenvalue weighted by Crippen LogP contribution is 2.63. The summed E-state index contributed by atoms with van der Waals surface area (Å²) in [5.41, 5.74) is 40.0. The molecule has 0 saturated heterocycles. The van der Waals surface area contributed by atoms with Crippen LogP contribution in [-0.2, 0) is 17.3 Å². The lowest BCUT2D eigenvalue weighted by atomic mass is 9.71. The van der Waals surface area contributed by atoms with E-state index in [-0.39, 0.29) is 22.7 Å². The lowest BCUT2D eigenvalue weighted by molar-refractivity contribution is 0.590. The normalized spacial score (nSPS) is 14.2. The number of rotatable bonds is 8. The quantitative estimate of drug-likeness (QED) is 0.154. The minimum Gasteiger partial charge on any atom is -0.399 e. The molecule has 4 nitrogen and oxygen atoms in total. The van der Waals surface area contributed by atoms with Crippen LogP contribution in [0.3, 0.4) is 0 Å². The van der Waals surface area contributed by atoms with E-state index < -0.39 is 0 Å². The van der Waals surface area contributed by atoms with Gasteiger partial charge >= 0.3 is 0 Å². The van der Waals surface area contributed by atoms with Crippen molar-refractivity contribution in [2.24, 2.45) is 0 Å². The number of aromatic nitrogens is 1. The molecule has 17 rings (SSSR count). The monoisotopic (exact) mass is 1200 g/mol. The second-order valence-corrected chi connectivity index (χ2v) is 27.9. The summed E-state index contributed by atoms with van der Waals surface area (Å²) in [7, 11) is 0. The molecule has 0 amide bonds. The molecule has 93 heavy (non-hydrogen) atoms. The molecule has 13 aromatic carbocycles. The number of nitrogens with zero attached hydrogens (tertiary/aromatic N) is 3. The molecule has 1 aliphatic carbocycles. The van der Waals surface area contributed by atoms with Gasteiger partial charge in [-0.3, -0.25) is 0 Å². The van der Waals surface area contributed by atoms with E-state index in [2.05, 4.69) is 347 Å². The van der Waals surface area contributed by atoms with Gasteiger partial charge < -0.3 is 20.1 Å². The zero-order valence-corrected chi connectivity index (χ0v) is 53.5. The van der Waals surface area contributed by atoms with Crippen LogP contribution in [-0.4, -0.2) is 4.57 Å². The Bertz CT molecular complexity index is 5050. The van der Waals surface area contributed by atoms with E-state index >= 15 is 0 Å². The van der Waals surface area contributed by atoms with E-state index in [9.17, 15) is 0 Å². The molecule has 3 heterocycles. The van der Waals surface area contributed by atoms with Crippen molar-refractivity contribution in [3.63, 3.8) is 0 Å². The Labute approximate surface area is 546 Å². The van der Waals surface area contributed by atoms with Crippen molar-refractivity contribution in [1.82, 2.24) is 4.57 Å². The summed E-state index contributed by atoms with van der Waals surface area (Å²) in [5, 5.41) is 2.53. The predicted octanol–water partition coefficient (Wildman–Crippen LogP) is 23.5. The van der Waals surface area contributed by atoms with Gasteiger partial charge in [0.25, 0.3) is 0 Å². The van der Waals surface area contributed by atoms with Gasteiger partial charge in [0.1, 0.15) is 0 Å². The van der Waals surface area contributed by atoms with E-state index in [0.29, 0.717) is 5.69 Å². The van der Waals surface area contributed by atoms with Crippen LogP contribution >= 0.6 is 0 Å². The second-order valence-electron chi connectivity index (χ2n) is 27.9. The van der Waals surface area contributed by atoms with Gasteiger partial charge in [0.15, 0.2) is 0 Å². The zero-order valence-electron chi connectivity index (χ0n) is 53.5. The first-order valence-corrected chi connectivity index (χ1v) is 32.9. The molecule has 0 spiro atoms. The fourth-order valence-corrected chi connectivity index (χ4v) is 15.5. The van der Waals surface area contributed by atoms with Gasteiger partial charge in [-0.05, 0) is 209 Å². The van der Waals surface area contributed by atoms with Gasteiger partial charge in [0, 0.05) is 50.9 Å². The first-order chi connectivity index (χ1) is 45.3. The highest BCUT2D eigenvalue weighted by molar-refractivity contribution is 6.10. The Balaban J connectivity index is 1.01. The third kappa shape index (κ3) is 9.49. The molecule has 3 aliphatic rings. The highest BCUT2D eigenvalue weighted by Gasteiger charge is 2.43. The number of hydrogen-bond donors (Lipinski definition) is 1. The van der Waals surface area contributed by atoms with Crippen molar-refractivity contribution >= 4 is 61.6 Å². The van der Waals surface area contributed by atoms with Crippen molar-refractivity contribution in [3.8, 4) is 50.2 Å². The standard InChI is InChI=1S/C89H72N4/c1-88(2,3)67-35-41-79-77(52-67)78-53-68(89(4,5)6)36-42-80(78)91(79)70-38-40-76-82(55-70)93(72-48-64(58-27-15-9-16-28-58)45-65(49-72)59-29-17-10-18-30-59)84-51-66(85-73-33-21-19-31-60(73)43-61-32-20-22-34-74(61)85)50-83-87(84)86(76)75-39-37-69(90)54-81(75)92(83)71-46-62(56-23-11-7-12-24-56)44-63(47-71)57-25-13-8-14-26-57/h7-42,44-55,85-86H,43,90H2,1-6H3. The zero-order chi connectivity index (χ0) is 62.9. The molecule has 0 radical (unpaired) electrons. The lowest BCUT2D eigenvalue weighted by Crippen LogP contribution is -2.30. The first kappa shape index (κ1) is 56.1. The maximum Gasteiger partial charge on any atom is 0.0541 e. The van der Waals surface area contributed by atoms with Crippen LogP contribution in [0.1, 0.15) is 109 Å². The van der Waals surface area contributed by atoms with Crippen molar-refractivity contribution in [3.05, 3.63) is 347 Å². The van der Waals surface area contributed by atoms with Crippen LogP contribution in [0, 0.1) is 0 Å². The van der Waals surface area contributed by atoms with E-state index in [1.54, 1.807) is 0 Å². The summed E-state index contributed by atoms with van der Waals surface area (Å²) < 4.78 is 2.53. The number of hydrogen-bond acceptors (Lipinski definition) is 3. The van der Waals surface area contributed by atoms with E-state index in [1.807, 2.05) is 0 Å². The van der Waals surface area contributed by atoms with Gasteiger partial charge in [-0.25, -0.2) is 0 Å². The lowest BCUT2D eigenvalue weighted by Gasteiger charge is -2.46. The van der Waals surface area contributed by atoms with Gasteiger partial charge in [-0.1, -0.05) is 236 Å². The van der Waals surface area contributed by atoms with E-state index in [4.69, 9.17) is 5.73 Å². The van der Waals surface area contributed by atoms with Crippen LogP contribution in [0.5, 0.6) is 0 Å². The highest BCUT2D eigenvalue weighted by atomic mass is 15.2. The Morgan fingerprint density at radius 3 is 1.14 bits per heavy atom. The minimum absolute atomic E-state index is 0.0399. The summed E-state index contributed by atoms with van der Waals surface area (Å²) in [6.07, 6.45) is 0.880. The fraction of sp³-hybridized carbons (Fsp3) is 0.124. The van der Waals surface area contributed by atoms with Crippen LogP contribution in [0.25, 0.3) is 72.0 Å². The van der Waals surface area contributed by atoms with Gasteiger partial charge in [0.05, 0.1) is 33.8 Å². The van der Waals surface area contributed by atoms with Crippen LogP contribution in [0.15, 0.2) is 291 Å². The Morgan fingerprint density at radius 2 is 0.710 bits per heavy atom. The molecule has 1 aromatic heterocycles. The third-order valence-electron chi connectivity index (χ3n) is 20.1. The Kier molecular flexibility index (Phi) is 13.0. The summed E-state index contributed by atoms with van der Waals surface area (Å²) in [5.74, 6) is -0.273. The van der Waals surface area contributed by atoms with Crippen molar-refractivity contribution in [2.45, 2.75) is 70.6 Å². The first-order valence-electron chi connectivity index (χ1n) is 32.9. The van der Waals surface area contributed by atoms with Crippen LogP contribution in [0.2, 0.25) is 0 Å². The number of benzene rings is 13. The minimum atomic E-state index is -0.194. The molecular formula is C89H72N4. The molecule has 448 valence electrons. The Morgan fingerprint density at radius 1 is 0.312 bits per heavy atom. The topological polar surface area (TPSA) is 37.4 Å². The molecule has 1 atom stereocenters. The molecule has 2 aliphatic heterocycles. The smallest absolute Gasteiger partial charge is 0.0541 e. The number of nitrogen functional groups attached to an aromatic ring is 1. The maximum atomic E-state index is 7.18.